The molecule has 2 fully saturated rings. The highest BCUT2D eigenvalue weighted by atomic mass is 19.4. The van der Waals surface area contributed by atoms with Crippen molar-refractivity contribution >= 4 is 29.7 Å². The summed E-state index contributed by atoms with van der Waals surface area (Å²) in [5.74, 6) is 5.14. The summed E-state index contributed by atoms with van der Waals surface area (Å²) in [4.78, 5) is 40.4. The van der Waals surface area contributed by atoms with Crippen LogP contribution in [0.3, 0.4) is 0 Å². The van der Waals surface area contributed by atoms with Crippen LogP contribution in [0.4, 0.5) is 23.4 Å². The van der Waals surface area contributed by atoms with Gasteiger partial charge in [0.25, 0.3) is 11.7 Å². The molecule has 218 valence electrons. The number of alkyl halides is 3. The molecule has 6 rings (SSSR count). The molecule has 9 nitrogen and oxygen atoms in total. The molecule has 42 heavy (non-hydrogen) atoms. The van der Waals surface area contributed by atoms with Crippen molar-refractivity contribution in [2.75, 3.05) is 11.9 Å². The second-order valence-corrected chi connectivity index (χ2v) is 11.0. The Morgan fingerprint density at radius 1 is 1.12 bits per heavy atom. The lowest BCUT2D eigenvalue weighted by Gasteiger charge is -2.38. The molecule has 1 aromatic carbocycles. The van der Waals surface area contributed by atoms with Gasteiger partial charge in [-0.15, -0.1) is 4.59 Å². The van der Waals surface area contributed by atoms with E-state index >= 15 is 4.39 Å². The van der Waals surface area contributed by atoms with Crippen molar-refractivity contribution in [3.63, 3.8) is 0 Å². The molecular weight excluding hydrogens is 554 g/mol. The third-order valence-electron chi connectivity index (χ3n) is 8.10. The van der Waals surface area contributed by atoms with Crippen LogP contribution in [0.2, 0.25) is 0 Å². The molecule has 3 N–H and O–H groups in total. The van der Waals surface area contributed by atoms with Crippen LogP contribution >= 0.6 is 0 Å². The summed E-state index contributed by atoms with van der Waals surface area (Å²) >= 11 is 0. The van der Waals surface area contributed by atoms with E-state index in [1.807, 2.05) is 11.8 Å². The van der Waals surface area contributed by atoms with Gasteiger partial charge in [-0.3, -0.25) is 14.6 Å². The Hall–Kier alpha value is -4.23. The molecular formula is C29H28F4N7O2+. The number of nitrogens with two attached hydrogens (primary N) is 1. The second kappa shape index (κ2) is 10.2. The fourth-order valence-corrected chi connectivity index (χ4v) is 5.59. The molecule has 1 saturated carbocycles. The molecule has 0 radical (unpaired) electrons. The number of carbonyl (C=O) groups excluding carboxylic acids is 2. The second-order valence-electron chi connectivity index (χ2n) is 11.0. The fourth-order valence-electron chi connectivity index (χ4n) is 5.59. The fraction of sp³-hybridized carbons (Fsp3) is 0.345. The molecule has 1 saturated heterocycles. The number of amides is 2. The molecule has 4 aliphatic rings. The minimum Gasteiger partial charge on any atom is -0.339 e. The summed E-state index contributed by atoms with van der Waals surface area (Å²) in [6.45, 7) is 2.52. The third-order valence-corrected chi connectivity index (χ3v) is 8.10. The largest absolute Gasteiger partial charge is 0.416 e. The van der Waals surface area contributed by atoms with Crippen molar-refractivity contribution in [2.45, 2.75) is 44.8 Å². The number of benzene rings is 1. The number of hydrogen-bond donors (Lipinski definition) is 2. The lowest BCUT2D eigenvalue weighted by Crippen LogP contribution is -2.53. The summed E-state index contributed by atoms with van der Waals surface area (Å²) in [7, 11) is 0. The zero-order valence-electron chi connectivity index (χ0n) is 22.6. The molecule has 3 aliphatic heterocycles. The Morgan fingerprint density at radius 2 is 1.90 bits per heavy atom. The number of likely N-dealkylation sites (tertiary alicyclic amines) is 1. The molecule has 13 heteroatoms. The maximum atomic E-state index is 15.6. The number of quaternary nitrogens is 1. The SMILES string of the molecule is C[C@H]1CC[C@@H](C2=C3C=NC=C[N+]3(N)C(c3ccc(C(=O)Nc4cc(C(F)(F)F)ccn4)cc3F)=N2)CN1C(=O)C1CC1. The van der Waals surface area contributed by atoms with Crippen molar-refractivity contribution in [3.8, 4) is 0 Å². The zero-order valence-corrected chi connectivity index (χ0v) is 22.6. The van der Waals surface area contributed by atoms with E-state index in [2.05, 4.69) is 15.3 Å². The molecule has 4 heterocycles. The van der Waals surface area contributed by atoms with E-state index in [1.54, 1.807) is 12.4 Å². The van der Waals surface area contributed by atoms with E-state index in [-0.39, 0.29) is 46.6 Å². The Bertz CT molecular complexity index is 1590. The number of rotatable bonds is 5. The third kappa shape index (κ3) is 5.02. The van der Waals surface area contributed by atoms with E-state index in [1.165, 1.54) is 18.3 Å². The molecule has 1 unspecified atom stereocenters. The number of carbonyl (C=O) groups is 2. The average Bonchev–Trinajstić information content (AvgIpc) is 3.76. The number of aliphatic imine (C=N–C) groups is 2. The first-order valence-electron chi connectivity index (χ1n) is 13.6. The highest BCUT2D eigenvalue weighted by molar-refractivity contribution is 6.05. The Kier molecular flexibility index (Phi) is 6.81. The predicted octanol–water partition coefficient (Wildman–Crippen LogP) is 4.75. The average molecular weight is 583 g/mol. The topological polar surface area (TPSA) is 113 Å². The van der Waals surface area contributed by atoms with Crippen LogP contribution in [0.5, 0.6) is 0 Å². The van der Waals surface area contributed by atoms with Gasteiger partial charge in [-0.1, -0.05) is 0 Å². The van der Waals surface area contributed by atoms with Crippen LogP contribution < -0.4 is 11.2 Å². The van der Waals surface area contributed by atoms with Crippen LogP contribution in [0.25, 0.3) is 0 Å². The van der Waals surface area contributed by atoms with E-state index < -0.39 is 28.1 Å². The van der Waals surface area contributed by atoms with Gasteiger partial charge in [0, 0.05) is 36.2 Å². The minimum atomic E-state index is -4.61. The van der Waals surface area contributed by atoms with Gasteiger partial charge in [0.1, 0.15) is 23.5 Å². The van der Waals surface area contributed by atoms with Gasteiger partial charge in [0.05, 0.1) is 23.5 Å². The van der Waals surface area contributed by atoms with E-state index in [0.29, 0.717) is 24.0 Å². The predicted molar refractivity (Wildman–Crippen MR) is 146 cm³/mol. The Morgan fingerprint density at radius 3 is 2.62 bits per heavy atom. The van der Waals surface area contributed by atoms with Gasteiger partial charge < -0.3 is 10.2 Å². The minimum absolute atomic E-state index is 0.0498. The number of hydrogen-bond acceptors (Lipinski definition) is 6. The van der Waals surface area contributed by atoms with Gasteiger partial charge in [0.15, 0.2) is 0 Å². The van der Waals surface area contributed by atoms with Gasteiger partial charge in [-0.25, -0.2) is 9.37 Å². The molecule has 0 spiro atoms. The van der Waals surface area contributed by atoms with Crippen LogP contribution in [0, 0.1) is 17.7 Å². The normalized spacial score (nSPS) is 25.4. The standard InChI is InChI=1S/C29H27F4N7O2/c1-16-2-3-19(15-39(16)28(42)17-4-5-17)25-23-14-35-10-11-40(23,34)26(38-25)21-7-6-18(12-22(21)30)27(41)37-24-13-20(8-9-36-24)29(31,32)33/h6-14,16-17,19H,2-5,15,34H2,1H3/p+1/t16-,19+,40?/m0/s1. The van der Waals surface area contributed by atoms with Gasteiger partial charge >= 0.3 is 6.18 Å². The number of pyridine rings is 1. The maximum absolute atomic E-state index is 15.6. The number of anilines is 1. The Balaban J connectivity index is 1.27. The smallest absolute Gasteiger partial charge is 0.339 e. The van der Waals surface area contributed by atoms with Crippen molar-refractivity contribution in [3.05, 3.63) is 82.8 Å². The summed E-state index contributed by atoms with van der Waals surface area (Å²) in [5, 5.41) is 2.27. The number of aromatic nitrogens is 1. The summed E-state index contributed by atoms with van der Waals surface area (Å²) in [5.41, 5.74) is 0.155. The quantitative estimate of drug-likeness (QED) is 0.301. The first kappa shape index (κ1) is 27.9. The lowest BCUT2D eigenvalue weighted by atomic mass is 9.89. The van der Waals surface area contributed by atoms with E-state index in [0.717, 1.165) is 44.0 Å². The number of halogens is 4. The van der Waals surface area contributed by atoms with Crippen LogP contribution in [0.1, 0.15) is 54.1 Å². The molecule has 0 bridgehead atoms. The highest BCUT2D eigenvalue weighted by Crippen LogP contribution is 2.40. The van der Waals surface area contributed by atoms with Crippen LogP contribution in [-0.4, -0.2) is 50.9 Å². The molecule has 2 amide bonds. The number of nitrogens with one attached hydrogen (secondary N) is 1. The summed E-state index contributed by atoms with van der Waals surface area (Å²) < 4.78 is 54.3. The zero-order chi connectivity index (χ0) is 29.8. The van der Waals surface area contributed by atoms with Gasteiger partial charge in [0.2, 0.25) is 11.6 Å². The monoisotopic (exact) mass is 582 g/mol. The summed E-state index contributed by atoms with van der Waals surface area (Å²) in [6.07, 6.45) is 4.37. The molecule has 1 aromatic heterocycles. The Labute approximate surface area is 238 Å². The van der Waals surface area contributed by atoms with Crippen molar-refractivity contribution in [2.24, 2.45) is 27.7 Å². The highest BCUT2D eigenvalue weighted by Gasteiger charge is 2.48. The van der Waals surface area contributed by atoms with Crippen LogP contribution in [0.15, 0.2) is 70.3 Å². The van der Waals surface area contributed by atoms with Gasteiger partial charge in [-0.2, -0.15) is 24.0 Å². The van der Waals surface area contributed by atoms with E-state index in [9.17, 15) is 22.8 Å². The maximum Gasteiger partial charge on any atom is 0.416 e. The van der Waals surface area contributed by atoms with Crippen molar-refractivity contribution in [1.29, 1.82) is 0 Å². The lowest BCUT2D eigenvalue weighted by molar-refractivity contribution is -0.750. The van der Waals surface area contributed by atoms with Gasteiger partial charge in [-0.05, 0) is 62.9 Å². The molecule has 1 aliphatic carbocycles. The first-order valence-corrected chi connectivity index (χ1v) is 13.6. The number of nitrogens with zero attached hydrogens (tertiary/aromatic N) is 5. The van der Waals surface area contributed by atoms with Crippen LogP contribution in [-0.2, 0) is 11.0 Å². The van der Waals surface area contributed by atoms with Crippen molar-refractivity contribution in [1.82, 2.24) is 9.88 Å². The van der Waals surface area contributed by atoms with Crippen molar-refractivity contribution < 1.29 is 31.7 Å². The number of fused-ring (bicyclic) bond motifs is 1. The molecule has 3 atom stereocenters. The number of allylic oxidation sites excluding steroid dienone is 1. The summed E-state index contributed by atoms with van der Waals surface area (Å²) in [6, 6.07) is 5.27. The van der Waals surface area contributed by atoms with E-state index in [4.69, 9.17) is 10.8 Å². The number of amidine groups is 1. The molecule has 2 aromatic rings. The first-order chi connectivity index (χ1) is 20.0. The number of piperidine rings is 1.